The van der Waals surface area contributed by atoms with Crippen LogP contribution in [0.5, 0.6) is 0 Å². The van der Waals surface area contributed by atoms with E-state index in [0.29, 0.717) is 10.3 Å². The summed E-state index contributed by atoms with van der Waals surface area (Å²) in [5.74, 6) is 0. The molecule has 1 aromatic rings. The monoisotopic (exact) mass is 300 g/mol. The third-order valence-electron chi connectivity index (χ3n) is 3.60. The molecule has 0 saturated heterocycles. The molecule has 0 radical (unpaired) electrons. The van der Waals surface area contributed by atoms with Crippen LogP contribution in [0.15, 0.2) is 23.4 Å². The third kappa shape index (κ3) is 4.09. The van der Waals surface area contributed by atoms with Gasteiger partial charge in [0.05, 0.1) is 16.7 Å². The first-order valence-electron chi connectivity index (χ1n) is 6.81. The van der Waals surface area contributed by atoms with Gasteiger partial charge in [0, 0.05) is 17.0 Å². The lowest BCUT2D eigenvalue weighted by Crippen LogP contribution is -2.46. The molecule has 1 aliphatic rings. The van der Waals surface area contributed by atoms with Gasteiger partial charge in [-0.2, -0.15) is 0 Å². The number of thioether (sulfide) groups is 1. The van der Waals surface area contributed by atoms with E-state index in [-0.39, 0.29) is 12.1 Å². The number of aliphatic hydroxyl groups excluding tert-OH is 1. The van der Waals surface area contributed by atoms with Crippen molar-refractivity contribution in [1.82, 2.24) is 10.3 Å². The molecule has 3 nitrogen and oxygen atoms in total. The minimum absolute atomic E-state index is 0.0832. The van der Waals surface area contributed by atoms with E-state index in [1.165, 1.54) is 0 Å². The lowest BCUT2D eigenvalue weighted by molar-refractivity contribution is 0.165. The molecule has 1 heterocycles. The molecule has 1 aromatic heterocycles. The van der Waals surface area contributed by atoms with Crippen molar-refractivity contribution in [2.45, 2.75) is 48.4 Å². The highest BCUT2D eigenvalue weighted by atomic mass is 35.5. The molecule has 0 spiro atoms. The average Bonchev–Trinajstić information content (AvgIpc) is 2.83. The molecule has 2 atom stereocenters. The molecule has 106 valence electrons. The predicted octanol–water partition coefficient (Wildman–Crippen LogP) is 3.11. The lowest BCUT2D eigenvalue weighted by Gasteiger charge is -2.28. The van der Waals surface area contributed by atoms with Gasteiger partial charge in [-0.3, -0.25) is 0 Å². The fourth-order valence-electron chi connectivity index (χ4n) is 2.53. The molecule has 1 fully saturated rings. The van der Waals surface area contributed by atoms with Gasteiger partial charge in [0.2, 0.25) is 0 Å². The zero-order valence-electron chi connectivity index (χ0n) is 11.2. The number of nitrogens with zero attached hydrogens (tertiary/aromatic N) is 1. The summed E-state index contributed by atoms with van der Waals surface area (Å²) in [4.78, 5) is 4.33. The van der Waals surface area contributed by atoms with E-state index in [1.54, 1.807) is 18.0 Å². The highest BCUT2D eigenvalue weighted by molar-refractivity contribution is 7.99. The Bertz CT molecular complexity index is 401. The van der Waals surface area contributed by atoms with Gasteiger partial charge in [-0.15, -0.1) is 11.8 Å². The third-order valence-corrected chi connectivity index (χ3v) is 5.05. The minimum atomic E-state index is -0.0832. The fraction of sp³-hybridized carbons (Fsp3) is 0.643. The predicted molar refractivity (Wildman–Crippen MR) is 80.9 cm³/mol. The lowest BCUT2D eigenvalue weighted by atomic mass is 9.99. The van der Waals surface area contributed by atoms with Crippen molar-refractivity contribution in [3.8, 4) is 0 Å². The van der Waals surface area contributed by atoms with Gasteiger partial charge in [0.25, 0.3) is 0 Å². The van der Waals surface area contributed by atoms with Crippen molar-refractivity contribution in [1.29, 1.82) is 0 Å². The first-order chi connectivity index (χ1) is 9.17. The van der Waals surface area contributed by atoms with Gasteiger partial charge in [-0.05, 0) is 44.4 Å². The van der Waals surface area contributed by atoms with Crippen molar-refractivity contribution >= 4 is 23.4 Å². The first kappa shape index (κ1) is 15.1. The summed E-state index contributed by atoms with van der Waals surface area (Å²) >= 11 is 7.63. The maximum atomic E-state index is 9.66. The highest BCUT2D eigenvalue weighted by Gasteiger charge is 2.38. The van der Waals surface area contributed by atoms with Gasteiger partial charge >= 0.3 is 0 Å². The van der Waals surface area contributed by atoms with Gasteiger partial charge in [-0.25, -0.2) is 4.98 Å². The minimum Gasteiger partial charge on any atom is -0.394 e. The number of rotatable bonds is 6. The van der Waals surface area contributed by atoms with E-state index in [0.717, 1.165) is 37.3 Å². The molecule has 2 unspecified atom stereocenters. The van der Waals surface area contributed by atoms with Crippen molar-refractivity contribution in [3.05, 3.63) is 23.4 Å². The molecule has 0 aliphatic heterocycles. The van der Waals surface area contributed by atoms with E-state index in [1.807, 2.05) is 12.1 Å². The van der Waals surface area contributed by atoms with Crippen LogP contribution in [0.2, 0.25) is 5.02 Å². The first-order valence-corrected chi connectivity index (χ1v) is 8.07. The van der Waals surface area contributed by atoms with E-state index >= 15 is 0 Å². The topological polar surface area (TPSA) is 45.1 Å². The molecule has 2 N–H and O–H groups in total. The molecule has 2 rings (SSSR count). The Hall–Kier alpha value is -0.290. The average molecular weight is 301 g/mol. The standard InChI is InChI=1S/C14H21ClN2OS/c1-2-7-17-14(10-18)6-5-12(8-14)19-13-4-3-11(15)9-16-13/h3-4,9,12,17-18H,2,5-8,10H2,1H3. The largest absolute Gasteiger partial charge is 0.394 e. The van der Waals surface area contributed by atoms with Crippen molar-refractivity contribution in [2.75, 3.05) is 13.2 Å². The Kier molecular flexibility index (Phi) is 5.51. The zero-order valence-corrected chi connectivity index (χ0v) is 12.8. The van der Waals surface area contributed by atoms with Crippen LogP contribution in [0.3, 0.4) is 0 Å². The number of nitrogens with one attached hydrogen (secondary N) is 1. The van der Waals surface area contributed by atoms with Crippen LogP contribution in [0.1, 0.15) is 32.6 Å². The summed E-state index contributed by atoms with van der Waals surface area (Å²) in [6.07, 6.45) is 5.94. The SMILES string of the molecule is CCCNC1(CO)CCC(Sc2ccc(Cl)cn2)C1. The summed E-state index contributed by atoms with van der Waals surface area (Å²) in [5, 5.41) is 15.4. The van der Waals surface area contributed by atoms with Crippen LogP contribution in [-0.4, -0.2) is 34.0 Å². The molecule has 0 aromatic carbocycles. The van der Waals surface area contributed by atoms with Crippen LogP contribution < -0.4 is 5.32 Å². The van der Waals surface area contributed by atoms with Crippen LogP contribution in [-0.2, 0) is 0 Å². The highest BCUT2D eigenvalue weighted by Crippen LogP contribution is 2.39. The van der Waals surface area contributed by atoms with Gasteiger partial charge in [0.1, 0.15) is 0 Å². The molecular weight excluding hydrogens is 280 g/mol. The van der Waals surface area contributed by atoms with Gasteiger partial charge in [0.15, 0.2) is 0 Å². The Labute approximate surface area is 124 Å². The Morgan fingerprint density at radius 3 is 3.05 bits per heavy atom. The van der Waals surface area contributed by atoms with Crippen molar-refractivity contribution < 1.29 is 5.11 Å². The maximum absolute atomic E-state index is 9.66. The molecule has 1 aliphatic carbocycles. The fourth-order valence-corrected chi connectivity index (χ4v) is 3.88. The van der Waals surface area contributed by atoms with E-state index < -0.39 is 0 Å². The Morgan fingerprint density at radius 1 is 1.58 bits per heavy atom. The summed E-state index contributed by atoms with van der Waals surface area (Å²) in [5.41, 5.74) is -0.0832. The Balaban J connectivity index is 1.91. The second-order valence-electron chi connectivity index (χ2n) is 5.16. The van der Waals surface area contributed by atoms with Crippen LogP contribution in [0.4, 0.5) is 0 Å². The van der Waals surface area contributed by atoms with Crippen LogP contribution in [0, 0.1) is 0 Å². The number of aliphatic hydroxyl groups is 1. The van der Waals surface area contributed by atoms with Crippen LogP contribution in [0.25, 0.3) is 0 Å². The van der Waals surface area contributed by atoms with Gasteiger partial charge in [-0.1, -0.05) is 18.5 Å². The summed E-state index contributed by atoms with van der Waals surface area (Å²) in [6, 6.07) is 3.84. The number of pyridine rings is 1. The smallest absolute Gasteiger partial charge is 0.0963 e. The van der Waals surface area contributed by atoms with E-state index in [4.69, 9.17) is 11.6 Å². The summed E-state index contributed by atoms with van der Waals surface area (Å²) in [6.45, 7) is 3.34. The second kappa shape index (κ2) is 6.93. The number of halogens is 1. The van der Waals surface area contributed by atoms with Crippen molar-refractivity contribution in [2.24, 2.45) is 0 Å². The van der Waals surface area contributed by atoms with Crippen LogP contribution >= 0.6 is 23.4 Å². The normalized spacial score (nSPS) is 26.8. The maximum Gasteiger partial charge on any atom is 0.0963 e. The Morgan fingerprint density at radius 2 is 2.42 bits per heavy atom. The molecule has 0 bridgehead atoms. The molecule has 1 saturated carbocycles. The van der Waals surface area contributed by atoms with Crippen molar-refractivity contribution in [3.63, 3.8) is 0 Å². The summed E-state index contributed by atoms with van der Waals surface area (Å²) < 4.78 is 0. The van der Waals surface area contributed by atoms with E-state index in [2.05, 4.69) is 17.2 Å². The van der Waals surface area contributed by atoms with E-state index in [9.17, 15) is 5.11 Å². The number of hydrogen-bond acceptors (Lipinski definition) is 4. The molecule has 5 heteroatoms. The second-order valence-corrected chi connectivity index (χ2v) is 6.92. The zero-order chi connectivity index (χ0) is 13.7. The molecular formula is C14H21ClN2OS. The molecule has 19 heavy (non-hydrogen) atoms. The number of hydrogen-bond donors (Lipinski definition) is 2. The van der Waals surface area contributed by atoms with Gasteiger partial charge < -0.3 is 10.4 Å². The molecule has 0 amide bonds. The quantitative estimate of drug-likeness (QED) is 0.847. The summed E-state index contributed by atoms with van der Waals surface area (Å²) in [7, 11) is 0. The number of aromatic nitrogens is 1.